The van der Waals surface area contributed by atoms with Gasteiger partial charge in [0.05, 0.1) is 23.3 Å². The third kappa shape index (κ3) is 10.2. The Hall–Kier alpha value is -3.10. The second-order valence-electron chi connectivity index (χ2n) is 8.94. The molecule has 0 aliphatic carbocycles. The van der Waals surface area contributed by atoms with E-state index in [9.17, 15) is 0 Å². The lowest BCUT2D eigenvalue weighted by Gasteiger charge is -2.04. The molecule has 2 aromatic heterocycles. The molecule has 0 fully saturated rings. The molecule has 0 bridgehead atoms. The van der Waals surface area contributed by atoms with Crippen molar-refractivity contribution in [2.45, 2.75) is 86.7 Å². The van der Waals surface area contributed by atoms with Crippen LogP contribution in [0.1, 0.15) is 71.9 Å². The predicted molar refractivity (Wildman–Crippen MR) is 166 cm³/mol. The molecule has 0 saturated heterocycles. The third-order valence-electron chi connectivity index (χ3n) is 6.31. The quantitative estimate of drug-likeness (QED) is 0.0831. The summed E-state index contributed by atoms with van der Waals surface area (Å²) in [6.07, 6.45) is 12.6. The molecule has 0 amide bonds. The number of nitrogens with zero attached hydrogens (tertiary/aromatic N) is 6. The average Bonchev–Trinajstić information content (AvgIpc) is 3.60. The van der Waals surface area contributed by atoms with Gasteiger partial charge in [0.25, 0.3) is 0 Å². The summed E-state index contributed by atoms with van der Waals surface area (Å²) in [6.45, 7) is 6.05. The van der Waals surface area contributed by atoms with Crippen LogP contribution in [-0.4, -0.2) is 0 Å². The van der Waals surface area contributed by atoms with Crippen molar-refractivity contribution >= 4 is 44.3 Å². The zero-order valence-electron chi connectivity index (χ0n) is 21.8. The molecule has 2 aromatic carbocycles. The fourth-order valence-corrected chi connectivity index (χ4v) is 5.57. The van der Waals surface area contributed by atoms with Gasteiger partial charge in [0.2, 0.25) is 0 Å². The van der Waals surface area contributed by atoms with E-state index in [1.54, 1.807) is 22.7 Å². The molecule has 0 spiro atoms. The monoisotopic (exact) mass is 564 g/mol. The lowest BCUT2D eigenvalue weighted by Crippen LogP contribution is -2.28. The molecule has 0 atom stereocenters. The highest BCUT2D eigenvalue weighted by molar-refractivity contribution is 7.13. The van der Waals surface area contributed by atoms with Gasteiger partial charge in [-0.3, -0.25) is 0 Å². The number of unbranched alkanes of at least 4 members (excludes halogenated alkanes) is 4. The Morgan fingerprint density at radius 3 is 1.31 bits per heavy atom. The SMILES string of the molecule is C.C.CC[n+]1ccsc1N=Nc1ccc(CCCCCCCc2ccc(N=Nc3scc[n+]3CC)cc2)cc1. The first-order valence-corrected chi connectivity index (χ1v) is 15.0. The van der Waals surface area contributed by atoms with E-state index in [4.69, 9.17) is 0 Å². The Morgan fingerprint density at radius 2 is 0.923 bits per heavy atom. The summed E-state index contributed by atoms with van der Waals surface area (Å²) in [4.78, 5) is 0. The maximum absolute atomic E-state index is 4.39. The maximum Gasteiger partial charge on any atom is 0.408 e. The normalized spacial score (nSPS) is 11.1. The summed E-state index contributed by atoms with van der Waals surface area (Å²) in [5, 5.41) is 23.5. The van der Waals surface area contributed by atoms with Crippen LogP contribution in [0.5, 0.6) is 0 Å². The minimum Gasteiger partial charge on any atom is -0.219 e. The van der Waals surface area contributed by atoms with Crippen LogP contribution < -0.4 is 9.13 Å². The van der Waals surface area contributed by atoms with Gasteiger partial charge in [-0.15, -0.1) is 0 Å². The lowest BCUT2D eigenvalue weighted by atomic mass is 10.0. The second kappa shape index (κ2) is 17.5. The van der Waals surface area contributed by atoms with Crippen LogP contribution in [0.2, 0.25) is 0 Å². The molecule has 0 unspecified atom stereocenters. The summed E-state index contributed by atoms with van der Waals surface area (Å²) in [7, 11) is 0. The fourth-order valence-electron chi connectivity index (χ4n) is 4.08. The number of thiazole rings is 2. The first kappa shape index (κ1) is 32.1. The first-order valence-electron chi connectivity index (χ1n) is 13.2. The van der Waals surface area contributed by atoms with Crippen molar-refractivity contribution in [2.24, 2.45) is 20.5 Å². The highest BCUT2D eigenvalue weighted by atomic mass is 32.1. The Balaban J connectivity index is 0.00000267. The summed E-state index contributed by atoms with van der Waals surface area (Å²) < 4.78 is 4.20. The molecular formula is C31H44N6S2+2. The number of benzene rings is 2. The Labute approximate surface area is 242 Å². The zero-order valence-corrected chi connectivity index (χ0v) is 23.4. The molecule has 0 N–H and O–H groups in total. The molecule has 4 rings (SSSR count). The molecule has 0 aliphatic heterocycles. The summed E-state index contributed by atoms with van der Waals surface area (Å²) in [5.74, 6) is 0. The van der Waals surface area contributed by atoms with E-state index >= 15 is 0 Å². The molecule has 0 saturated carbocycles. The number of hydrogen-bond acceptors (Lipinski definition) is 6. The van der Waals surface area contributed by atoms with Crippen molar-refractivity contribution < 1.29 is 9.13 Å². The summed E-state index contributed by atoms with van der Waals surface area (Å²) >= 11 is 3.22. The Morgan fingerprint density at radius 1 is 0.538 bits per heavy atom. The Kier molecular flexibility index (Phi) is 14.4. The smallest absolute Gasteiger partial charge is 0.219 e. The van der Waals surface area contributed by atoms with E-state index in [2.05, 4.69) is 92.0 Å². The Bertz CT molecular complexity index is 1170. The van der Waals surface area contributed by atoms with Gasteiger partial charge in [0.15, 0.2) is 0 Å². The predicted octanol–water partition coefficient (Wildman–Crippen LogP) is 10.3. The van der Waals surface area contributed by atoms with Crippen LogP contribution in [0.15, 0.2) is 92.1 Å². The van der Waals surface area contributed by atoms with Gasteiger partial charge in [0.1, 0.15) is 23.8 Å². The standard InChI is InChI=1S/C29H36N6S2.2CH4/c1-3-34-20-22-36-28(34)32-30-26-16-12-24(13-17-26)10-8-6-5-7-9-11-25-14-18-27(19-15-25)31-33-29-35(4-2)21-23-37-29;;/h12-23H,3-11H2,1-2H3;2*1H4/q+2;;. The van der Waals surface area contributed by atoms with Gasteiger partial charge in [0, 0.05) is 10.8 Å². The summed E-state index contributed by atoms with van der Waals surface area (Å²) in [5.41, 5.74) is 4.56. The van der Waals surface area contributed by atoms with E-state index in [1.807, 2.05) is 23.2 Å². The van der Waals surface area contributed by atoms with Crippen LogP contribution in [0.4, 0.5) is 21.6 Å². The molecule has 208 valence electrons. The molecule has 2 heterocycles. The van der Waals surface area contributed by atoms with Crippen LogP contribution in [-0.2, 0) is 25.9 Å². The number of aryl methyl sites for hydroxylation is 4. The van der Waals surface area contributed by atoms with Gasteiger partial charge >= 0.3 is 10.3 Å². The number of hydrogen-bond donors (Lipinski definition) is 0. The highest BCUT2D eigenvalue weighted by Crippen LogP contribution is 2.22. The van der Waals surface area contributed by atoms with Crippen molar-refractivity contribution in [1.82, 2.24) is 0 Å². The molecular weight excluding hydrogens is 521 g/mol. The van der Waals surface area contributed by atoms with Gasteiger partial charge in [-0.25, -0.2) is 9.13 Å². The van der Waals surface area contributed by atoms with Gasteiger partial charge in [-0.05, 0) is 108 Å². The largest absolute Gasteiger partial charge is 0.408 e. The zero-order chi connectivity index (χ0) is 25.7. The molecule has 39 heavy (non-hydrogen) atoms. The number of rotatable bonds is 14. The first-order chi connectivity index (χ1) is 18.2. The molecule has 0 aliphatic rings. The van der Waals surface area contributed by atoms with Crippen LogP contribution in [0, 0.1) is 0 Å². The van der Waals surface area contributed by atoms with Crippen LogP contribution in [0.25, 0.3) is 0 Å². The molecule has 8 heteroatoms. The third-order valence-corrected chi connectivity index (χ3v) is 7.88. The van der Waals surface area contributed by atoms with Crippen LogP contribution in [0.3, 0.4) is 0 Å². The van der Waals surface area contributed by atoms with E-state index < -0.39 is 0 Å². The van der Waals surface area contributed by atoms with E-state index in [0.717, 1.165) is 47.6 Å². The van der Waals surface area contributed by atoms with Gasteiger partial charge in [-0.1, -0.05) is 58.4 Å². The number of azo groups is 2. The maximum atomic E-state index is 4.39. The van der Waals surface area contributed by atoms with E-state index in [0.29, 0.717) is 0 Å². The minimum atomic E-state index is 0. The molecule has 4 aromatic rings. The van der Waals surface area contributed by atoms with Gasteiger partial charge in [-0.2, -0.15) is 0 Å². The molecule has 0 radical (unpaired) electrons. The van der Waals surface area contributed by atoms with Crippen molar-refractivity contribution in [3.8, 4) is 0 Å². The lowest BCUT2D eigenvalue weighted by molar-refractivity contribution is -0.677. The van der Waals surface area contributed by atoms with Gasteiger partial charge < -0.3 is 0 Å². The van der Waals surface area contributed by atoms with Crippen LogP contribution >= 0.6 is 22.7 Å². The topological polar surface area (TPSA) is 57.2 Å². The fraction of sp³-hybridized carbons (Fsp3) is 0.419. The van der Waals surface area contributed by atoms with E-state index in [1.165, 1.54) is 43.2 Å². The number of aromatic nitrogens is 2. The van der Waals surface area contributed by atoms with Crippen molar-refractivity contribution in [3.63, 3.8) is 0 Å². The highest BCUT2D eigenvalue weighted by Gasteiger charge is 2.10. The van der Waals surface area contributed by atoms with Crippen molar-refractivity contribution in [3.05, 3.63) is 82.8 Å². The van der Waals surface area contributed by atoms with Crippen molar-refractivity contribution in [1.29, 1.82) is 0 Å². The summed E-state index contributed by atoms with van der Waals surface area (Å²) in [6, 6.07) is 17.0. The van der Waals surface area contributed by atoms with E-state index in [-0.39, 0.29) is 14.9 Å². The average molecular weight is 565 g/mol. The minimum absolute atomic E-state index is 0. The second-order valence-corrected chi connectivity index (χ2v) is 10.7. The van der Waals surface area contributed by atoms with Crippen molar-refractivity contribution in [2.75, 3.05) is 0 Å². The molecule has 6 nitrogen and oxygen atoms in total.